The number of anilines is 1. The molecule has 0 radical (unpaired) electrons. The summed E-state index contributed by atoms with van der Waals surface area (Å²) < 4.78 is 18.2. The number of nitrogens with one attached hydrogen (secondary N) is 2. The van der Waals surface area contributed by atoms with Crippen molar-refractivity contribution < 1.29 is 23.5 Å². The Morgan fingerprint density at radius 1 is 1.10 bits per heavy atom. The Bertz CT molecular complexity index is 906. The molecule has 2 amide bonds. The first-order valence-electron chi connectivity index (χ1n) is 8.63. The minimum absolute atomic E-state index is 0.0188. The van der Waals surface area contributed by atoms with E-state index in [0.717, 1.165) is 12.1 Å². The van der Waals surface area contributed by atoms with Gasteiger partial charge in [0, 0.05) is 11.9 Å². The maximum Gasteiger partial charge on any atom is 0.309 e. The van der Waals surface area contributed by atoms with Gasteiger partial charge in [0.05, 0.1) is 23.2 Å². The van der Waals surface area contributed by atoms with Gasteiger partial charge >= 0.3 is 5.97 Å². The maximum atomic E-state index is 13.1. The van der Waals surface area contributed by atoms with Gasteiger partial charge in [0.25, 0.3) is 5.91 Å². The Morgan fingerprint density at radius 3 is 2.34 bits per heavy atom. The highest BCUT2D eigenvalue weighted by Gasteiger charge is 2.23. The van der Waals surface area contributed by atoms with E-state index in [2.05, 4.69) is 10.6 Å². The van der Waals surface area contributed by atoms with Crippen molar-refractivity contribution in [2.45, 2.75) is 32.4 Å². The fourth-order valence-corrected chi connectivity index (χ4v) is 2.82. The highest BCUT2D eigenvalue weighted by molar-refractivity contribution is 6.33. The molecule has 0 saturated carbocycles. The number of halogens is 3. The molecule has 2 N–H and O–H groups in total. The summed E-state index contributed by atoms with van der Waals surface area (Å²) in [5, 5.41) is 5.67. The number of hydrogen-bond donors (Lipinski definition) is 2. The molecule has 2 atom stereocenters. The second kappa shape index (κ2) is 10.2. The Kier molecular flexibility index (Phi) is 7.99. The predicted molar refractivity (Wildman–Crippen MR) is 108 cm³/mol. The number of hydrogen-bond acceptors (Lipinski definition) is 4. The topological polar surface area (TPSA) is 84.5 Å². The minimum atomic E-state index is -1.13. The first-order valence-corrected chi connectivity index (χ1v) is 9.39. The second-order valence-corrected chi connectivity index (χ2v) is 7.10. The van der Waals surface area contributed by atoms with Gasteiger partial charge in [-0.3, -0.25) is 14.4 Å². The standard InChI is InChI=1S/C20H19Cl2FN2O4/c1-11(20(28)25-17-8-7-15(23)9-16(17)22)29-19(27)10-18(24-12(2)26)13-3-5-14(21)6-4-13/h3-9,11,18H,10H2,1-2H3,(H,24,26)(H,25,28). The van der Waals surface area contributed by atoms with Gasteiger partial charge in [-0.15, -0.1) is 0 Å². The van der Waals surface area contributed by atoms with Crippen LogP contribution in [0.25, 0.3) is 0 Å². The van der Waals surface area contributed by atoms with Crippen molar-refractivity contribution in [1.29, 1.82) is 0 Å². The van der Waals surface area contributed by atoms with Gasteiger partial charge in [-0.25, -0.2) is 4.39 Å². The van der Waals surface area contributed by atoms with Crippen LogP contribution in [-0.2, 0) is 19.1 Å². The summed E-state index contributed by atoms with van der Waals surface area (Å²) >= 11 is 11.7. The summed E-state index contributed by atoms with van der Waals surface area (Å²) in [6.45, 7) is 2.72. The molecule has 0 aliphatic carbocycles. The van der Waals surface area contributed by atoms with Crippen molar-refractivity contribution in [2.24, 2.45) is 0 Å². The molecule has 0 saturated heterocycles. The molecule has 2 aromatic rings. The molecule has 0 aromatic heterocycles. The van der Waals surface area contributed by atoms with Crippen molar-refractivity contribution in [3.05, 3.63) is 63.9 Å². The van der Waals surface area contributed by atoms with E-state index in [1.54, 1.807) is 24.3 Å². The molecular formula is C20H19Cl2FN2O4. The van der Waals surface area contributed by atoms with Crippen LogP contribution in [0.2, 0.25) is 10.0 Å². The summed E-state index contributed by atoms with van der Waals surface area (Å²) in [7, 11) is 0. The number of carbonyl (C=O) groups excluding carboxylic acids is 3. The molecule has 0 fully saturated rings. The monoisotopic (exact) mass is 440 g/mol. The lowest BCUT2D eigenvalue weighted by molar-refractivity contribution is -0.153. The zero-order chi connectivity index (χ0) is 21.6. The van der Waals surface area contributed by atoms with Crippen molar-refractivity contribution >= 4 is 46.7 Å². The highest BCUT2D eigenvalue weighted by atomic mass is 35.5. The molecule has 0 aliphatic heterocycles. The van der Waals surface area contributed by atoms with Gasteiger partial charge in [0.1, 0.15) is 5.82 Å². The number of esters is 1. The molecule has 154 valence electrons. The van der Waals surface area contributed by atoms with Gasteiger partial charge in [-0.1, -0.05) is 35.3 Å². The van der Waals surface area contributed by atoms with Crippen molar-refractivity contribution in [3.63, 3.8) is 0 Å². The maximum absolute atomic E-state index is 13.1. The fourth-order valence-electron chi connectivity index (χ4n) is 2.48. The third-order valence-corrected chi connectivity index (χ3v) is 4.45. The molecule has 9 heteroatoms. The van der Waals surface area contributed by atoms with Crippen LogP contribution in [0.4, 0.5) is 10.1 Å². The molecule has 0 heterocycles. The second-order valence-electron chi connectivity index (χ2n) is 6.25. The quantitative estimate of drug-likeness (QED) is 0.629. The van der Waals surface area contributed by atoms with Crippen LogP contribution in [-0.4, -0.2) is 23.9 Å². The third-order valence-electron chi connectivity index (χ3n) is 3.89. The van der Waals surface area contributed by atoms with E-state index in [0.29, 0.717) is 10.6 Å². The summed E-state index contributed by atoms with van der Waals surface area (Å²) in [6, 6.07) is 9.50. The lowest BCUT2D eigenvalue weighted by Crippen LogP contribution is -2.33. The summed E-state index contributed by atoms with van der Waals surface area (Å²) in [4.78, 5) is 36.0. The van der Waals surface area contributed by atoms with Crippen LogP contribution in [0.3, 0.4) is 0 Å². The van der Waals surface area contributed by atoms with Crippen LogP contribution in [0.5, 0.6) is 0 Å². The molecule has 2 aromatic carbocycles. The van der Waals surface area contributed by atoms with Gasteiger partial charge in [-0.2, -0.15) is 0 Å². The summed E-state index contributed by atoms with van der Waals surface area (Å²) in [6.07, 6.45) is -1.32. The average molecular weight is 441 g/mol. The summed E-state index contributed by atoms with van der Waals surface area (Å²) in [5.41, 5.74) is 0.856. The predicted octanol–water partition coefficient (Wildman–Crippen LogP) is 4.27. The Hall–Kier alpha value is -2.64. The van der Waals surface area contributed by atoms with Crippen molar-refractivity contribution in [3.8, 4) is 0 Å². The van der Waals surface area contributed by atoms with E-state index in [-0.39, 0.29) is 23.0 Å². The molecule has 2 rings (SSSR count). The smallest absolute Gasteiger partial charge is 0.309 e. The van der Waals surface area contributed by atoms with Crippen LogP contribution in [0.15, 0.2) is 42.5 Å². The van der Waals surface area contributed by atoms with E-state index >= 15 is 0 Å². The van der Waals surface area contributed by atoms with E-state index in [1.165, 1.54) is 19.9 Å². The molecule has 6 nitrogen and oxygen atoms in total. The molecule has 0 bridgehead atoms. The first-order chi connectivity index (χ1) is 13.7. The number of carbonyl (C=O) groups is 3. The zero-order valence-corrected chi connectivity index (χ0v) is 17.2. The Morgan fingerprint density at radius 2 is 1.76 bits per heavy atom. The molecule has 2 unspecified atom stereocenters. The van der Waals surface area contributed by atoms with Crippen LogP contribution < -0.4 is 10.6 Å². The third kappa shape index (κ3) is 7.03. The molecule has 0 spiro atoms. The van der Waals surface area contributed by atoms with E-state index in [1.807, 2.05) is 0 Å². The average Bonchev–Trinajstić information content (AvgIpc) is 2.63. The number of amides is 2. The Balaban J connectivity index is 1.99. The van der Waals surface area contributed by atoms with Crippen molar-refractivity contribution in [1.82, 2.24) is 5.32 Å². The molecule has 0 aliphatic rings. The summed E-state index contributed by atoms with van der Waals surface area (Å²) in [5.74, 6) is -2.19. The van der Waals surface area contributed by atoms with Crippen LogP contribution in [0, 0.1) is 5.82 Å². The molecular weight excluding hydrogens is 422 g/mol. The largest absolute Gasteiger partial charge is 0.452 e. The fraction of sp³-hybridized carbons (Fsp3) is 0.250. The minimum Gasteiger partial charge on any atom is -0.452 e. The van der Waals surface area contributed by atoms with E-state index < -0.39 is 29.8 Å². The lowest BCUT2D eigenvalue weighted by Gasteiger charge is -2.19. The Labute approximate surface area is 177 Å². The van der Waals surface area contributed by atoms with E-state index in [9.17, 15) is 18.8 Å². The van der Waals surface area contributed by atoms with Crippen LogP contribution >= 0.6 is 23.2 Å². The van der Waals surface area contributed by atoms with Gasteiger partial charge < -0.3 is 15.4 Å². The number of rotatable bonds is 7. The van der Waals surface area contributed by atoms with Crippen molar-refractivity contribution in [2.75, 3.05) is 5.32 Å². The van der Waals surface area contributed by atoms with Gasteiger partial charge in [0.15, 0.2) is 6.10 Å². The number of ether oxygens (including phenoxy) is 1. The van der Waals surface area contributed by atoms with Gasteiger partial charge in [-0.05, 0) is 42.8 Å². The van der Waals surface area contributed by atoms with E-state index in [4.69, 9.17) is 27.9 Å². The lowest BCUT2D eigenvalue weighted by atomic mass is 10.0. The van der Waals surface area contributed by atoms with Gasteiger partial charge in [0.2, 0.25) is 5.91 Å². The molecule has 29 heavy (non-hydrogen) atoms. The SMILES string of the molecule is CC(=O)NC(CC(=O)OC(C)C(=O)Nc1ccc(F)cc1Cl)c1ccc(Cl)cc1. The number of benzene rings is 2. The normalized spacial score (nSPS) is 12.6. The first kappa shape index (κ1) is 22.6. The van der Waals surface area contributed by atoms with Crippen LogP contribution in [0.1, 0.15) is 31.9 Å². The zero-order valence-electron chi connectivity index (χ0n) is 15.7. The highest BCUT2D eigenvalue weighted by Crippen LogP contribution is 2.23.